The zero-order valence-electron chi connectivity index (χ0n) is 13.5. The molecule has 1 heterocycles. The summed E-state index contributed by atoms with van der Waals surface area (Å²) in [6.07, 6.45) is 0.726. The monoisotopic (exact) mass is 375 g/mol. The largest absolute Gasteiger partial charge is 0.487 e. The van der Waals surface area contributed by atoms with E-state index in [0.717, 1.165) is 22.7 Å². The third-order valence-electron chi connectivity index (χ3n) is 3.57. The van der Waals surface area contributed by atoms with Gasteiger partial charge < -0.3 is 4.74 Å². The highest BCUT2D eigenvalue weighted by atomic mass is 35.5. The van der Waals surface area contributed by atoms with Crippen molar-refractivity contribution in [1.82, 2.24) is 4.98 Å². The van der Waals surface area contributed by atoms with E-state index in [2.05, 4.69) is 4.98 Å². The topological polar surface area (TPSA) is 39.2 Å². The Morgan fingerprint density at radius 3 is 2.68 bits per heavy atom. The minimum absolute atomic E-state index is 0.0614. The predicted octanol–water partition coefficient (Wildman–Crippen LogP) is 5.31. The average Bonchev–Trinajstić information content (AvgIpc) is 3.02. The Labute approximate surface area is 154 Å². The Kier molecular flexibility index (Phi) is 5.46. The molecule has 0 unspecified atom stereocenters. The van der Waals surface area contributed by atoms with Crippen molar-refractivity contribution in [2.75, 3.05) is 0 Å². The number of halogens is 2. The number of carbonyl (C=O) groups excluding carboxylic acids is 1. The molecule has 0 aliphatic rings. The Bertz CT molecular complexity index is 893. The highest BCUT2D eigenvalue weighted by Gasteiger charge is 2.09. The van der Waals surface area contributed by atoms with Crippen molar-refractivity contribution in [3.8, 4) is 5.75 Å². The van der Waals surface area contributed by atoms with E-state index in [4.69, 9.17) is 16.3 Å². The van der Waals surface area contributed by atoms with Gasteiger partial charge in [0.05, 0.1) is 16.3 Å². The summed E-state index contributed by atoms with van der Waals surface area (Å²) in [6, 6.07) is 11.9. The van der Waals surface area contributed by atoms with Gasteiger partial charge in [-0.2, -0.15) is 0 Å². The van der Waals surface area contributed by atoms with Crippen LogP contribution in [0.5, 0.6) is 5.75 Å². The maximum absolute atomic E-state index is 13.8. The van der Waals surface area contributed by atoms with Crippen LogP contribution in [0, 0.1) is 5.82 Å². The molecule has 0 amide bonds. The summed E-state index contributed by atoms with van der Waals surface area (Å²) in [7, 11) is 0. The zero-order chi connectivity index (χ0) is 17.8. The van der Waals surface area contributed by atoms with Gasteiger partial charge in [-0.05, 0) is 36.8 Å². The van der Waals surface area contributed by atoms with E-state index in [1.54, 1.807) is 17.4 Å². The molecule has 25 heavy (non-hydrogen) atoms. The summed E-state index contributed by atoms with van der Waals surface area (Å²) in [5, 5.41) is 3.60. The molecule has 3 aromatic rings. The highest BCUT2D eigenvalue weighted by molar-refractivity contribution is 7.09. The minimum atomic E-state index is -0.577. The maximum atomic E-state index is 13.8. The average molecular weight is 376 g/mol. The molecular formula is C19H15ClFNO2S. The van der Waals surface area contributed by atoms with Crippen molar-refractivity contribution in [3.05, 3.63) is 80.5 Å². The van der Waals surface area contributed by atoms with Crippen LogP contribution in [0.4, 0.5) is 4.39 Å². The van der Waals surface area contributed by atoms with Crippen LogP contribution in [0.2, 0.25) is 5.02 Å². The first-order valence-electron chi connectivity index (χ1n) is 7.62. The number of ether oxygens (including phenoxy) is 1. The van der Waals surface area contributed by atoms with Gasteiger partial charge in [-0.15, -0.1) is 11.3 Å². The van der Waals surface area contributed by atoms with Crippen molar-refractivity contribution in [2.24, 2.45) is 0 Å². The number of aromatic nitrogens is 1. The van der Waals surface area contributed by atoms with Crippen LogP contribution in [0.1, 0.15) is 33.5 Å². The molecule has 2 aromatic carbocycles. The molecule has 0 aliphatic carbocycles. The fourth-order valence-corrected chi connectivity index (χ4v) is 3.24. The molecule has 3 nitrogen and oxygen atoms in total. The molecule has 0 bridgehead atoms. The minimum Gasteiger partial charge on any atom is -0.487 e. The molecule has 3 rings (SSSR count). The fourth-order valence-electron chi connectivity index (χ4n) is 2.30. The van der Waals surface area contributed by atoms with Crippen molar-refractivity contribution in [1.29, 1.82) is 0 Å². The third-order valence-corrected chi connectivity index (χ3v) is 4.72. The molecule has 0 saturated carbocycles. The molecular weight excluding hydrogens is 361 g/mol. The van der Waals surface area contributed by atoms with Crippen LogP contribution in [0.15, 0.2) is 47.8 Å². The van der Waals surface area contributed by atoms with Crippen LogP contribution in [0.3, 0.4) is 0 Å². The quantitative estimate of drug-likeness (QED) is 0.548. The van der Waals surface area contributed by atoms with Crippen molar-refractivity contribution in [3.63, 3.8) is 0 Å². The summed E-state index contributed by atoms with van der Waals surface area (Å²) < 4.78 is 19.3. The molecule has 0 N–H and O–H groups in total. The number of hydrogen-bond acceptors (Lipinski definition) is 4. The lowest BCUT2D eigenvalue weighted by molar-refractivity contribution is 0.101. The number of thiazole rings is 1. The van der Waals surface area contributed by atoms with Crippen LogP contribution in [-0.2, 0) is 13.0 Å². The fraction of sp³-hybridized carbons (Fsp3) is 0.158. The van der Waals surface area contributed by atoms with E-state index in [9.17, 15) is 9.18 Å². The summed E-state index contributed by atoms with van der Waals surface area (Å²) in [5.41, 5.74) is 1.98. The van der Waals surface area contributed by atoms with Crippen molar-refractivity contribution in [2.45, 2.75) is 20.0 Å². The van der Waals surface area contributed by atoms with Gasteiger partial charge in [0.25, 0.3) is 0 Å². The number of rotatable bonds is 6. The number of benzene rings is 2. The Balaban J connectivity index is 1.61. The van der Waals surface area contributed by atoms with Crippen molar-refractivity contribution >= 4 is 28.7 Å². The first kappa shape index (κ1) is 17.6. The van der Waals surface area contributed by atoms with Gasteiger partial charge >= 0.3 is 0 Å². The maximum Gasteiger partial charge on any atom is 0.162 e. The molecule has 0 saturated heterocycles. The Hall–Kier alpha value is -2.24. The van der Waals surface area contributed by atoms with E-state index in [0.29, 0.717) is 10.8 Å². The van der Waals surface area contributed by atoms with Gasteiger partial charge in [-0.25, -0.2) is 9.37 Å². The van der Waals surface area contributed by atoms with E-state index in [-0.39, 0.29) is 18.0 Å². The second kappa shape index (κ2) is 7.76. The highest BCUT2D eigenvalue weighted by Crippen LogP contribution is 2.20. The molecule has 128 valence electrons. The number of ketones is 1. The van der Waals surface area contributed by atoms with Crippen LogP contribution in [0.25, 0.3) is 0 Å². The second-order valence-electron chi connectivity index (χ2n) is 5.52. The normalized spacial score (nSPS) is 10.7. The summed E-state index contributed by atoms with van der Waals surface area (Å²) >= 11 is 7.43. The van der Waals surface area contributed by atoms with E-state index >= 15 is 0 Å². The van der Waals surface area contributed by atoms with Crippen LogP contribution in [-0.4, -0.2) is 10.8 Å². The van der Waals surface area contributed by atoms with E-state index in [1.807, 2.05) is 29.6 Å². The third kappa shape index (κ3) is 4.65. The van der Waals surface area contributed by atoms with Gasteiger partial charge in [0, 0.05) is 22.9 Å². The Morgan fingerprint density at radius 1 is 1.24 bits per heavy atom. The number of carbonyl (C=O) groups is 1. The first-order valence-corrected chi connectivity index (χ1v) is 8.88. The number of Topliss-reactive ketones (excluding diaryl/α,β-unsaturated/α-hetero) is 1. The van der Waals surface area contributed by atoms with Gasteiger partial charge in [-0.1, -0.05) is 23.7 Å². The molecule has 0 radical (unpaired) electrons. The predicted molar refractivity (Wildman–Crippen MR) is 97.1 cm³/mol. The van der Waals surface area contributed by atoms with Crippen molar-refractivity contribution < 1.29 is 13.9 Å². The molecule has 1 aromatic heterocycles. The van der Waals surface area contributed by atoms with Gasteiger partial charge in [-0.3, -0.25) is 4.79 Å². The number of nitrogens with zero attached hydrogens (tertiary/aromatic N) is 1. The second-order valence-corrected chi connectivity index (χ2v) is 6.90. The van der Waals surface area contributed by atoms with Gasteiger partial charge in [0.1, 0.15) is 18.2 Å². The summed E-state index contributed by atoms with van der Waals surface area (Å²) in [5.74, 6) is -0.517. The molecule has 0 spiro atoms. The van der Waals surface area contributed by atoms with E-state index < -0.39 is 5.82 Å². The molecule has 0 aliphatic heterocycles. The molecule has 6 heteroatoms. The smallest absolute Gasteiger partial charge is 0.162 e. The van der Waals surface area contributed by atoms with Crippen LogP contribution >= 0.6 is 22.9 Å². The summed E-state index contributed by atoms with van der Waals surface area (Å²) in [6.45, 7) is 1.58. The first-order chi connectivity index (χ1) is 12.0. The SMILES string of the molecule is CC(=O)c1ccc(OCc2csc(Cc3ccc(Cl)cc3)n2)cc1F. The van der Waals surface area contributed by atoms with Gasteiger partial charge in [0.15, 0.2) is 5.78 Å². The zero-order valence-corrected chi connectivity index (χ0v) is 15.0. The lowest BCUT2D eigenvalue weighted by Gasteiger charge is -2.06. The van der Waals surface area contributed by atoms with E-state index in [1.165, 1.54) is 19.1 Å². The molecule has 0 fully saturated rings. The summed E-state index contributed by atoms with van der Waals surface area (Å²) in [4.78, 5) is 15.8. The lowest BCUT2D eigenvalue weighted by Crippen LogP contribution is -2.00. The van der Waals surface area contributed by atoms with Crippen LogP contribution < -0.4 is 4.74 Å². The number of hydrogen-bond donors (Lipinski definition) is 0. The standard InChI is InChI=1S/C19H15ClFNO2S/c1-12(23)17-7-6-16(9-18(17)21)24-10-15-11-25-19(22-15)8-13-2-4-14(20)5-3-13/h2-7,9,11H,8,10H2,1H3. The lowest BCUT2D eigenvalue weighted by atomic mass is 10.1. The van der Waals surface area contributed by atoms with Gasteiger partial charge in [0.2, 0.25) is 0 Å². The molecule has 0 atom stereocenters. The Morgan fingerprint density at radius 2 is 2.00 bits per heavy atom.